The van der Waals surface area contributed by atoms with Crippen molar-refractivity contribution in [2.45, 2.75) is 12.8 Å². The van der Waals surface area contributed by atoms with Crippen LogP contribution in [0.5, 0.6) is 0 Å². The molecule has 4 nitrogen and oxygen atoms in total. The Kier molecular flexibility index (Phi) is 5.15. The van der Waals surface area contributed by atoms with Gasteiger partial charge in [-0.1, -0.05) is 42.5 Å². The summed E-state index contributed by atoms with van der Waals surface area (Å²) >= 11 is 0. The van der Waals surface area contributed by atoms with Crippen LogP contribution < -0.4 is 5.32 Å². The Morgan fingerprint density at radius 3 is 2.64 bits per heavy atom. The molecule has 0 saturated carbocycles. The van der Waals surface area contributed by atoms with Crippen LogP contribution >= 0.6 is 0 Å². The van der Waals surface area contributed by atoms with Crippen molar-refractivity contribution in [3.05, 3.63) is 96.2 Å². The molecule has 1 amide bonds. The summed E-state index contributed by atoms with van der Waals surface area (Å²) < 4.78 is 15.7. The van der Waals surface area contributed by atoms with Crippen LogP contribution in [0.25, 0.3) is 16.8 Å². The molecule has 140 valence electrons. The van der Waals surface area contributed by atoms with Gasteiger partial charge in [-0.25, -0.2) is 9.37 Å². The van der Waals surface area contributed by atoms with Gasteiger partial charge in [0.25, 0.3) is 5.91 Å². The number of fused-ring (bicyclic) bond motifs is 1. The van der Waals surface area contributed by atoms with Gasteiger partial charge < -0.3 is 9.72 Å². The van der Waals surface area contributed by atoms with Crippen molar-refractivity contribution in [1.29, 1.82) is 0 Å². The SMILES string of the molecule is O=C(NCCCc1ccc(-c2ccccc2F)cc1)c1cccn2ccnc12. The second-order valence-electron chi connectivity index (χ2n) is 6.62. The minimum Gasteiger partial charge on any atom is -0.352 e. The van der Waals surface area contributed by atoms with E-state index in [9.17, 15) is 9.18 Å². The van der Waals surface area contributed by atoms with Gasteiger partial charge in [-0.05, 0) is 42.2 Å². The zero-order chi connectivity index (χ0) is 19.3. The lowest BCUT2D eigenvalue weighted by molar-refractivity contribution is 0.0954. The number of hydrogen-bond acceptors (Lipinski definition) is 2. The summed E-state index contributed by atoms with van der Waals surface area (Å²) in [7, 11) is 0. The summed E-state index contributed by atoms with van der Waals surface area (Å²) in [4.78, 5) is 16.6. The summed E-state index contributed by atoms with van der Waals surface area (Å²) in [6.45, 7) is 0.579. The zero-order valence-electron chi connectivity index (χ0n) is 15.3. The molecule has 0 aliphatic carbocycles. The number of halogens is 1. The van der Waals surface area contributed by atoms with E-state index < -0.39 is 0 Å². The third-order valence-corrected chi connectivity index (χ3v) is 4.73. The van der Waals surface area contributed by atoms with E-state index in [0.29, 0.717) is 23.3 Å². The van der Waals surface area contributed by atoms with Gasteiger partial charge in [0.1, 0.15) is 11.5 Å². The first-order chi connectivity index (χ1) is 13.7. The van der Waals surface area contributed by atoms with Crippen molar-refractivity contribution in [2.24, 2.45) is 0 Å². The standard InChI is InChI=1S/C23H20FN3O/c24-21-8-2-1-6-19(21)18-11-9-17(10-12-18)5-3-13-26-23(28)20-7-4-15-27-16-14-25-22(20)27/h1-2,4,6-12,14-16H,3,5,13H2,(H,26,28). The van der Waals surface area contributed by atoms with E-state index in [2.05, 4.69) is 10.3 Å². The Bertz CT molecular complexity index is 1100. The molecule has 28 heavy (non-hydrogen) atoms. The molecule has 1 N–H and O–H groups in total. The number of amides is 1. The summed E-state index contributed by atoms with van der Waals surface area (Å²) in [5.74, 6) is -0.336. The Morgan fingerprint density at radius 2 is 1.82 bits per heavy atom. The third-order valence-electron chi connectivity index (χ3n) is 4.73. The van der Waals surface area contributed by atoms with Crippen molar-refractivity contribution in [3.63, 3.8) is 0 Å². The number of rotatable bonds is 6. The minimum absolute atomic E-state index is 0.119. The van der Waals surface area contributed by atoms with E-state index in [-0.39, 0.29) is 11.7 Å². The van der Waals surface area contributed by atoms with Crippen LogP contribution in [-0.2, 0) is 6.42 Å². The molecule has 0 spiro atoms. The van der Waals surface area contributed by atoms with Crippen molar-refractivity contribution in [2.75, 3.05) is 6.54 Å². The molecule has 2 heterocycles. The molecule has 0 aliphatic rings. The smallest absolute Gasteiger partial charge is 0.255 e. The fraction of sp³-hybridized carbons (Fsp3) is 0.130. The van der Waals surface area contributed by atoms with E-state index >= 15 is 0 Å². The Morgan fingerprint density at radius 1 is 1.00 bits per heavy atom. The van der Waals surface area contributed by atoms with Crippen molar-refractivity contribution >= 4 is 11.6 Å². The highest BCUT2D eigenvalue weighted by Crippen LogP contribution is 2.23. The lowest BCUT2D eigenvalue weighted by atomic mass is 10.0. The number of aromatic nitrogens is 2. The van der Waals surface area contributed by atoms with Crippen LogP contribution in [0, 0.1) is 5.82 Å². The topological polar surface area (TPSA) is 46.4 Å². The fourth-order valence-electron chi connectivity index (χ4n) is 3.26. The van der Waals surface area contributed by atoms with E-state index in [1.54, 1.807) is 24.4 Å². The number of nitrogens with one attached hydrogen (secondary N) is 1. The number of carbonyl (C=O) groups excluding carboxylic acids is 1. The predicted molar refractivity (Wildman–Crippen MR) is 108 cm³/mol. The van der Waals surface area contributed by atoms with Crippen LogP contribution in [0.3, 0.4) is 0 Å². The molecule has 5 heteroatoms. The lowest BCUT2D eigenvalue weighted by Crippen LogP contribution is -2.25. The van der Waals surface area contributed by atoms with Crippen LogP contribution in [0.1, 0.15) is 22.3 Å². The van der Waals surface area contributed by atoms with Gasteiger partial charge in [-0.3, -0.25) is 4.79 Å². The number of aryl methyl sites for hydroxylation is 1. The number of hydrogen-bond donors (Lipinski definition) is 1. The Hall–Kier alpha value is -3.47. The van der Waals surface area contributed by atoms with Crippen LogP contribution in [0.15, 0.2) is 79.3 Å². The quantitative estimate of drug-likeness (QED) is 0.506. The van der Waals surface area contributed by atoms with Crippen molar-refractivity contribution in [3.8, 4) is 11.1 Å². The van der Waals surface area contributed by atoms with Gasteiger partial charge in [0, 0.05) is 30.7 Å². The molecule has 4 rings (SSSR count). The average molecular weight is 373 g/mol. The first-order valence-corrected chi connectivity index (χ1v) is 9.26. The largest absolute Gasteiger partial charge is 0.352 e. The van der Waals surface area contributed by atoms with Crippen LogP contribution in [-0.4, -0.2) is 21.8 Å². The molecule has 2 aromatic carbocycles. The molecular formula is C23H20FN3O. The highest BCUT2D eigenvalue weighted by molar-refractivity contribution is 5.99. The third kappa shape index (κ3) is 3.78. The number of benzene rings is 2. The van der Waals surface area contributed by atoms with Gasteiger partial charge >= 0.3 is 0 Å². The van der Waals surface area contributed by atoms with E-state index in [1.807, 2.05) is 53.2 Å². The summed E-state index contributed by atoms with van der Waals surface area (Å²) in [6, 6.07) is 18.3. The molecular weight excluding hydrogens is 353 g/mol. The zero-order valence-corrected chi connectivity index (χ0v) is 15.3. The number of pyridine rings is 1. The number of imidazole rings is 1. The monoisotopic (exact) mass is 373 g/mol. The first kappa shape index (κ1) is 17.9. The second kappa shape index (κ2) is 8.05. The molecule has 4 aromatic rings. The van der Waals surface area contributed by atoms with Crippen LogP contribution in [0.2, 0.25) is 0 Å². The van der Waals surface area contributed by atoms with Crippen LogP contribution in [0.4, 0.5) is 4.39 Å². The second-order valence-corrected chi connectivity index (χ2v) is 6.62. The van der Waals surface area contributed by atoms with Gasteiger partial charge in [0.2, 0.25) is 0 Å². The van der Waals surface area contributed by atoms with E-state index in [4.69, 9.17) is 0 Å². The lowest BCUT2D eigenvalue weighted by Gasteiger charge is -2.08. The van der Waals surface area contributed by atoms with Gasteiger partial charge in [0.05, 0.1) is 5.56 Å². The Labute approximate surface area is 162 Å². The molecule has 0 aliphatic heterocycles. The minimum atomic E-state index is -0.217. The average Bonchev–Trinajstić information content (AvgIpc) is 3.21. The fourth-order valence-corrected chi connectivity index (χ4v) is 3.26. The first-order valence-electron chi connectivity index (χ1n) is 9.26. The molecule has 0 atom stereocenters. The van der Waals surface area contributed by atoms with E-state index in [0.717, 1.165) is 24.0 Å². The molecule has 0 saturated heterocycles. The highest BCUT2D eigenvalue weighted by Gasteiger charge is 2.10. The number of nitrogens with zero attached hydrogens (tertiary/aromatic N) is 2. The van der Waals surface area contributed by atoms with Gasteiger partial charge in [-0.2, -0.15) is 0 Å². The van der Waals surface area contributed by atoms with Crippen molar-refractivity contribution < 1.29 is 9.18 Å². The van der Waals surface area contributed by atoms with Crippen molar-refractivity contribution in [1.82, 2.24) is 14.7 Å². The number of carbonyl (C=O) groups is 1. The maximum atomic E-state index is 13.9. The van der Waals surface area contributed by atoms with Gasteiger partial charge in [0.15, 0.2) is 0 Å². The summed E-state index contributed by atoms with van der Waals surface area (Å²) in [6.07, 6.45) is 7.02. The molecule has 0 radical (unpaired) electrons. The summed E-state index contributed by atoms with van der Waals surface area (Å²) in [5.41, 5.74) is 3.85. The maximum Gasteiger partial charge on any atom is 0.255 e. The molecule has 0 fully saturated rings. The Balaban J connectivity index is 1.31. The highest BCUT2D eigenvalue weighted by atomic mass is 19.1. The molecule has 0 unspecified atom stereocenters. The van der Waals surface area contributed by atoms with E-state index in [1.165, 1.54) is 6.07 Å². The summed E-state index contributed by atoms with van der Waals surface area (Å²) in [5, 5.41) is 2.95. The molecule has 0 bridgehead atoms. The normalized spacial score (nSPS) is 10.9. The maximum absolute atomic E-state index is 13.9. The van der Waals surface area contributed by atoms with Gasteiger partial charge in [-0.15, -0.1) is 0 Å². The predicted octanol–water partition coefficient (Wildman–Crippen LogP) is 4.50. The molecule has 2 aromatic heterocycles.